The van der Waals surface area contributed by atoms with Crippen LogP contribution in [0.3, 0.4) is 0 Å². The fourth-order valence-electron chi connectivity index (χ4n) is 4.00. The summed E-state index contributed by atoms with van der Waals surface area (Å²) in [6, 6.07) is 6.95. The summed E-state index contributed by atoms with van der Waals surface area (Å²) < 4.78 is 27.9. The number of hydrogen-bond donors (Lipinski definition) is 1. The monoisotopic (exact) mass is 488 g/mol. The predicted octanol–water partition coefficient (Wildman–Crippen LogP) is 2.54. The van der Waals surface area contributed by atoms with Crippen molar-refractivity contribution in [3.8, 4) is 0 Å². The Morgan fingerprint density at radius 1 is 1.06 bits per heavy atom. The van der Waals surface area contributed by atoms with Gasteiger partial charge in [0, 0.05) is 45.0 Å². The van der Waals surface area contributed by atoms with Crippen molar-refractivity contribution in [1.82, 2.24) is 13.8 Å². The number of rotatable bonds is 7. The van der Waals surface area contributed by atoms with E-state index in [0.29, 0.717) is 37.7 Å². The number of likely N-dealkylation sites (tertiary alicyclic amines) is 1. The van der Waals surface area contributed by atoms with Crippen molar-refractivity contribution in [2.75, 3.05) is 31.5 Å². The number of carbonyl (C=O) groups excluding carboxylic acids is 2. The van der Waals surface area contributed by atoms with Crippen LogP contribution in [0.15, 0.2) is 46.2 Å². The summed E-state index contributed by atoms with van der Waals surface area (Å²) in [6.07, 6.45) is 3.34. The van der Waals surface area contributed by atoms with Gasteiger partial charge in [-0.15, -0.1) is 0 Å². The molecule has 2 aromatic rings. The normalized spacial score (nSPS) is 14.9. The first kappa shape index (κ1) is 25.6. The highest BCUT2D eigenvalue weighted by Gasteiger charge is 2.24. The largest absolute Gasteiger partial charge is 0.339 e. The van der Waals surface area contributed by atoms with Crippen LogP contribution in [-0.2, 0) is 17.1 Å². The van der Waals surface area contributed by atoms with Crippen LogP contribution in [0.2, 0.25) is 0 Å². The van der Waals surface area contributed by atoms with Gasteiger partial charge in [0.15, 0.2) is 0 Å². The molecule has 1 aliphatic rings. The highest BCUT2D eigenvalue weighted by atomic mass is 32.2. The van der Waals surface area contributed by atoms with Crippen molar-refractivity contribution in [2.24, 2.45) is 13.0 Å². The maximum Gasteiger partial charge on any atom is 0.274 e. The third kappa shape index (κ3) is 5.39. The number of amides is 2. The summed E-state index contributed by atoms with van der Waals surface area (Å²) in [5.41, 5.74) is 0.0661. The van der Waals surface area contributed by atoms with Gasteiger partial charge < -0.3 is 14.8 Å². The molecule has 1 aromatic carbocycles. The van der Waals surface area contributed by atoms with E-state index in [2.05, 4.69) is 12.2 Å². The van der Waals surface area contributed by atoms with Gasteiger partial charge in [-0.1, -0.05) is 20.8 Å². The Morgan fingerprint density at radius 3 is 2.21 bits per heavy atom. The summed E-state index contributed by atoms with van der Waals surface area (Å²) in [7, 11) is -2.11. The number of sulfonamides is 1. The van der Waals surface area contributed by atoms with E-state index in [0.717, 1.165) is 12.8 Å². The minimum atomic E-state index is -3.64. The molecule has 3 rings (SSSR count). The molecule has 1 aliphatic heterocycles. The molecule has 0 unspecified atom stereocenters. The number of pyridine rings is 1. The quantitative estimate of drug-likeness (QED) is 0.644. The lowest BCUT2D eigenvalue weighted by Gasteiger charge is -2.30. The van der Waals surface area contributed by atoms with Crippen LogP contribution in [0, 0.1) is 5.92 Å². The first-order chi connectivity index (χ1) is 16.1. The highest BCUT2D eigenvalue weighted by Crippen LogP contribution is 2.20. The topological polar surface area (TPSA) is 109 Å². The molecule has 0 aliphatic carbocycles. The Hall–Kier alpha value is -2.98. The zero-order chi connectivity index (χ0) is 25.0. The lowest BCUT2D eigenvalue weighted by molar-refractivity contribution is 0.0696. The van der Waals surface area contributed by atoms with Crippen molar-refractivity contribution < 1.29 is 18.0 Å². The Labute approximate surface area is 200 Å². The molecular weight excluding hydrogens is 456 g/mol. The van der Waals surface area contributed by atoms with Gasteiger partial charge in [0.2, 0.25) is 10.0 Å². The van der Waals surface area contributed by atoms with Gasteiger partial charge in [-0.2, -0.15) is 4.31 Å². The van der Waals surface area contributed by atoms with Gasteiger partial charge in [0.25, 0.3) is 17.4 Å². The second-order valence-electron chi connectivity index (χ2n) is 8.60. The predicted molar refractivity (Wildman–Crippen MR) is 130 cm³/mol. The standard InChI is InChI=1S/C24H32N4O5S/c1-5-28(6-2)34(32,33)20-9-7-18(8-10-20)22(29)25-21-15-19(16-26(4)24(21)31)23(30)27-13-11-17(3)12-14-27/h7-10,15-17H,5-6,11-14H2,1-4H3,(H,25,29). The molecular formula is C24H32N4O5S. The Bertz CT molecular complexity index is 1210. The van der Waals surface area contributed by atoms with E-state index in [1.54, 1.807) is 18.7 Å². The highest BCUT2D eigenvalue weighted by molar-refractivity contribution is 7.89. The van der Waals surface area contributed by atoms with E-state index in [4.69, 9.17) is 0 Å². The Kier molecular flexibility index (Phi) is 7.93. The third-order valence-electron chi connectivity index (χ3n) is 6.21. The summed E-state index contributed by atoms with van der Waals surface area (Å²) >= 11 is 0. The van der Waals surface area contributed by atoms with Crippen molar-refractivity contribution in [3.05, 3.63) is 58.0 Å². The van der Waals surface area contributed by atoms with E-state index in [9.17, 15) is 22.8 Å². The van der Waals surface area contributed by atoms with Gasteiger partial charge in [0.1, 0.15) is 5.69 Å². The van der Waals surface area contributed by atoms with Crippen molar-refractivity contribution in [2.45, 2.75) is 38.5 Å². The second kappa shape index (κ2) is 10.5. The van der Waals surface area contributed by atoms with Crippen LogP contribution in [0.4, 0.5) is 5.69 Å². The molecule has 1 saturated heterocycles. The number of hydrogen-bond acceptors (Lipinski definition) is 5. The minimum absolute atomic E-state index is 0.0106. The van der Waals surface area contributed by atoms with Gasteiger partial charge in [0.05, 0.1) is 10.5 Å². The first-order valence-corrected chi connectivity index (χ1v) is 12.9. The number of aromatic nitrogens is 1. The number of benzene rings is 1. The summed E-state index contributed by atoms with van der Waals surface area (Å²) in [4.78, 5) is 40.2. The van der Waals surface area contributed by atoms with Crippen molar-refractivity contribution >= 4 is 27.5 Å². The van der Waals surface area contributed by atoms with E-state index in [1.165, 1.54) is 52.4 Å². The molecule has 2 heterocycles. The first-order valence-electron chi connectivity index (χ1n) is 11.5. The van der Waals surface area contributed by atoms with E-state index in [1.807, 2.05) is 0 Å². The summed E-state index contributed by atoms with van der Waals surface area (Å²) in [5.74, 6) is -0.170. The molecule has 1 aromatic heterocycles. The van der Waals surface area contributed by atoms with Crippen molar-refractivity contribution in [3.63, 3.8) is 0 Å². The maximum atomic E-state index is 13.0. The summed E-state index contributed by atoms with van der Waals surface area (Å²) in [6.45, 7) is 7.68. The molecule has 0 radical (unpaired) electrons. The number of aryl methyl sites for hydroxylation is 1. The molecule has 0 spiro atoms. The second-order valence-corrected chi connectivity index (χ2v) is 10.5. The Morgan fingerprint density at radius 2 is 1.65 bits per heavy atom. The van der Waals surface area contributed by atoms with Gasteiger partial charge in [-0.25, -0.2) is 8.42 Å². The van der Waals surface area contributed by atoms with Crippen LogP contribution in [0.25, 0.3) is 0 Å². The van der Waals surface area contributed by atoms with Crippen LogP contribution in [-0.4, -0.2) is 60.2 Å². The zero-order valence-electron chi connectivity index (χ0n) is 20.1. The van der Waals surface area contributed by atoms with Crippen LogP contribution >= 0.6 is 0 Å². The fraction of sp³-hybridized carbons (Fsp3) is 0.458. The zero-order valence-corrected chi connectivity index (χ0v) is 20.9. The van der Waals surface area contributed by atoms with Crippen molar-refractivity contribution in [1.29, 1.82) is 0 Å². The van der Waals surface area contributed by atoms with Crippen LogP contribution in [0.5, 0.6) is 0 Å². The van der Waals surface area contributed by atoms with Crippen LogP contribution in [0.1, 0.15) is 54.3 Å². The molecule has 10 heteroatoms. The van der Waals surface area contributed by atoms with Gasteiger partial charge in [-0.3, -0.25) is 14.4 Å². The van der Waals surface area contributed by atoms with Gasteiger partial charge in [-0.05, 0) is 49.1 Å². The fourth-order valence-corrected chi connectivity index (χ4v) is 5.46. The molecule has 34 heavy (non-hydrogen) atoms. The average Bonchev–Trinajstić information content (AvgIpc) is 2.82. The number of carbonyl (C=O) groups is 2. The van der Waals surface area contributed by atoms with Gasteiger partial charge >= 0.3 is 0 Å². The molecule has 2 amide bonds. The lowest BCUT2D eigenvalue weighted by atomic mass is 9.99. The Balaban J connectivity index is 1.80. The molecule has 1 N–H and O–H groups in total. The number of nitrogens with zero attached hydrogens (tertiary/aromatic N) is 3. The SMILES string of the molecule is CCN(CC)S(=O)(=O)c1ccc(C(=O)Nc2cc(C(=O)N3CCC(C)CC3)cn(C)c2=O)cc1. The number of piperidine rings is 1. The molecule has 0 saturated carbocycles. The molecule has 9 nitrogen and oxygen atoms in total. The van der Waals surface area contributed by atoms with E-state index < -0.39 is 21.5 Å². The molecule has 0 bridgehead atoms. The van der Waals surface area contributed by atoms with E-state index >= 15 is 0 Å². The average molecular weight is 489 g/mol. The molecule has 184 valence electrons. The van der Waals surface area contributed by atoms with E-state index in [-0.39, 0.29) is 22.1 Å². The van der Waals surface area contributed by atoms with Crippen LogP contribution < -0.4 is 10.9 Å². The third-order valence-corrected chi connectivity index (χ3v) is 8.27. The molecule has 1 fully saturated rings. The maximum absolute atomic E-state index is 13.0. The number of anilines is 1. The lowest BCUT2D eigenvalue weighted by Crippen LogP contribution is -2.38. The minimum Gasteiger partial charge on any atom is -0.339 e. The smallest absolute Gasteiger partial charge is 0.274 e. The molecule has 0 atom stereocenters. The number of nitrogens with one attached hydrogen (secondary N) is 1. The summed E-state index contributed by atoms with van der Waals surface area (Å²) in [5, 5.41) is 2.57.